The number of nitrogens with zero attached hydrogens (tertiary/aromatic N) is 1. The molecule has 0 amide bonds. The smallest absolute Gasteiger partial charge is 0.0194 e. The summed E-state index contributed by atoms with van der Waals surface area (Å²) < 4.78 is 0. The van der Waals surface area contributed by atoms with Gasteiger partial charge in [0, 0.05) is 12.6 Å². The van der Waals surface area contributed by atoms with Gasteiger partial charge in [0.15, 0.2) is 0 Å². The van der Waals surface area contributed by atoms with Gasteiger partial charge in [0.1, 0.15) is 0 Å². The first-order valence-corrected chi connectivity index (χ1v) is 6.12. The molecule has 1 rings (SSSR count). The van der Waals surface area contributed by atoms with E-state index in [1.165, 1.54) is 45.3 Å². The maximum Gasteiger partial charge on any atom is 0.0194 e. The van der Waals surface area contributed by atoms with Gasteiger partial charge in [-0.25, -0.2) is 0 Å². The molecule has 1 aliphatic rings. The van der Waals surface area contributed by atoms with Gasteiger partial charge in [-0.2, -0.15) is 0 Å². The summed E-state index contributed by atoms with van der Waals surface area (Å²) in [6, 6.07) is 0.688. The third kappa shape index (κ3) is 4.43. The van der Waals surface area contributed by atoms with Crippen molar-refractivity contribution >= 4 is 0 Å². The largest absolute Gasteiger partial charge is 0.316 e. The van der Waals surface area contributed by atoms with Gasteiger partial charge in [-0.15, -0.1) is 0 Å². The zero-order chi connectivity index (χ0) is 10.4. The number of hydrogen-bond donors (Lipinski definition) is 1. The molecule has 0 aromatic rings. The summed E-state index contributed by atoms with van der Waals surface area (Å²) in [5, 5.41) is 3.44. The Morgan fingerprint density at radius 1 is 1.14 bits per heavy atom. The first-order valence-electron chi connectivity index (χ1n) is 6.12. The van der Waals surface area contributed by atoms with E-state index in [1.54, 1.807) is 0 Å². The molecule has 14 heavy (non-hydrogen) atoms. The Hall–Kier alpha value is -0.0800. The van der Waals surface area contributed by atoms with Crippen molar-refractivity contribution in [1.29, 1.82) is 0 Å². The second kappa shape index (κ2) is 6.41. The Kier molecular flexibility index (Phi) is 5.49. The molecule has 1 atom stereocenters. The van der Waals surface area contributed by atoms with Crippen molar-refractivity contribution in [3.8, 4) is 0 Å². The zero-order valence-electron chi connectivity index (χ0n) is 10.1. The molecular formula is C12H26N2. The van der Waals surface area contributed by atoms with Crippen LogP contribution in [0.1, 0.15) is 39.5 Å². The van der Waals surface area contributed by atoms with Gasteiger partial charge in [-0.1, -0.05) is 20.3 Å². The van der Waals surface area contributed by atoms with Crippen LogP contribution in [-0.4, -0.2) is 37.6 Å². The molecule has 0 aliphatic carbocycles. The molecule has 1 aliphatic heterocycles. The molecule has 0 saturated carbocycles. The molecule has 2 heteroatoms. The summed E-state index contributed by atoms with van der Waals surface area (Å²) in [7, 11) is 2.09. The van der Waals surface area contributed by atoms with Crippen LogP contribution in [0, 0.1) is 5.92 Å². The van der Waals surface area contributed by atoms with Gasteiger partial charge in [0.25, 0.3) is 0 Å². The van der Waals surface area contributed by atoms with Gasteiger partial charge in [0.2, 0.25) is 0 Å². The average Bonchev–Trinajstić information content (AvgIpc) is 2.17. The Balaban J connectivity index is 2.23. The summed E-state index contributed by atoms with van der Waals surface area (Å²) in [5.41, 5.74) is 0. The van der Waals surface area contributed by atoms with Crippen LogP contribution in [0.2, 0.25) is 0 Å². The molecule has 1 N–H and O–H groups in total. The number of nitrogens with one attached hydrogen (secondary N) is 1. The Bertz CT molecular complexity index is 139. The lowest BCUT2D eigenvalue weighted by Gasteiger charge is -2.31. The second-order valence-electron chi connectivity index (χ2n) is 4.98. The lowest BCUT2D eigenvalue weighted by Crippen LogP contribution is -2.42. The normalized spacial score (nSPS) is 21.4. The average molecular weight is 198 g/mol. The molecule has 0 spiro atoms. The fraction of sp³-hybridized carbons (Fsp3) is 1.00. The highest BCUT2D eigenvalue weighted by molar-refractivity contribution is 4.74. The summed E-state index contributed by atoms with van der Waals surface area (Å²) in [4.78, 5) is 2.62. The molecule has 0 radical (unpaired) electrons. The van der Waals surface area contributed by atoms with Crippen LogP contribution >= 0.6 is 0 Å². The van der Waals surface area contributed by atoms with Gasteiger partial charge in [-0.05, 0) is 45.3 Å². The third-order valence-electron chi connectivity index (χ3n) is 3.09. The van der Waals surface area contributed by atoms with Crippen molar-refractivity contribution in [3.63, 3.8) is 0 Å². The monoisotopic (exact) mass is 198 g/mol. The van der Waals surface area contributed by atoms with Gasteiger partial charge < -0.3 is 10.2 Å². The summed E-state index contributed by atoms with van der Waals surface area (Å²) >= 11 is 0. The van der Waals surface area contributed by atoms with E-state index in [0.29, 0.717) is 6.04 Å². The van der Waals surface area contributed by atoms with Crippen LogP contribution in [0.3, 0.4) is 0 Å². The molecule has 0 aromatic heterocycles. The number of likely N-dealkylation sites (tertiary alicyclic amines) is 1. The fourth-order valence-corrected chi connectivity index (χ4v) is 2.31. The van der Waals surface area contributed by atoms with E-state index in [9.17, 15) is 0 Å². The van der Waals surface area contributed by atoms with E-state index < -0.39 is 0 Å². The van der Waals surface area contributed by atoms with E-state index in [4.69, 9.17) is 0 Å². The number of likely N-dealkylation sites (N-methyl/N-ethyl adjacent to an activating group) is 1. The van der Waals surface area contributed by atoms with Crippen molar-refractivity contribution in [2.75, 3.05) is 26.7 Å². The SMILES string of the molecule is CNC(CC(C)C)CN1CCCCC1. The number of hydrogen-bond acceptors (Lipinski definition) is 2. The summed E-state index contributed by atoms with van der Waals surface area (Å²) in [6.07, 6.45) is 5.54. The highest BCUT2D eigenvalue weighted by atomic mass is 15.1. The van der Waals surface area contributed by atoms with E-state index >= 15 is 0 Å². The topological polar surface area (TPSA) is 15.3 Å². The predicted molar refractivity (Wildman–Crippen MR) is 62.6 cm³/mol. The summed E-state index contributed by atoms with van der Waals surface area (Å²) in [5.74, 6) is 0.803. The molecular weight excluding hydrogens is 172 g/mol. The van der Waals surface area contributed by atoms with Gasteiger partial charge >= 0.3 is 0 Å². The van der Waals surface area contributed by atoms with E-state index in [0.717, 1.165) is 5.92 Å². The van der Waals surface area contributed by atoms with Crippen LogP contribution in [0.15, 0.2) is 0 Å². The molecule has 84 valence electrons. The lowest BCUT2D eigenvalue weighted by atomic mass is 10.0. The maximum atomic E-state index is 3.44. The fourth-order valence-electron chi connectivity index (χ4n) is 2.31. The van der Waals surface area contributed by atoms with E-state index in [-0.39, 0.29) is 0 Å². The van der Waals surface area contributed by atoms with E-state index in [2.05, 4.69) is 31.1 Å². The molecule has 0 bridgehead atoms. The van der Waals surface area contributed by atoms with Crippen LogP contribution in [0.25, 0.3) is 0 Å². The molecule has 1 unspecified atom stereocenters. The van der Waals surface area contributed by atoms with Gasteiger partial charge in [0.05, 0.1) is 0 Å². The van der Waals surface area contributed by atoms with Crippen molar-refractivity contribution in [3.05, 3.63) is 0 Å². The standard InChI is InChI=1S/C12H26N2/c1-11(2)9-12(13-3)10-14-7-5-4-6-8-14/h11-13H,4-10H2,1-3H3. The highest BCUT2D eigenvalue weighted by Crippen LogP contribution is 2.11. The highest BCUT2D eigenvalue weighted by Gasteiger charge is 2.15. The zero-order valence-corrected chi connectivity index (χ0v) is 10.1. The molecule has 1 saturated heterocycles. The number of rotatable bonds is 5. The first kappa shape index (κ1) is 12.0. The lowest BCUT2D eigenvalue weighted by molar-refractivity contribution is 0.199. The minimum absolute atomic E-state index is 0.688. The maximum absolute atomic E-state index is 3.44. The van der Waals surface area contributed by atoms with Crippen LogP contribution in [-0.2, 0) is 0 Å². The Morgan fingerprint density at radius 2 is 1.79 bits per heavy atom. The van der Waals surface area contributed by atoms with Crippen molar-refractivity contribution < 1.29 is 0 Å². The third-order valence-corrected chi connectivity index (χ3v) is 3.09. The van der Waals surface area contributed by atoms with Crippen molar-refractivity contribution in [1.82, 2.24) is 10.2 Å². The van der Waals surface area contributed by atoms with Gasteiger partial charge in [-0.3, -0.25) is 0 Å². The van der Waals surface area contributed by atoms with Crippen LogP contribution in [0.5, 0.6) is 0 Å². The molecule has 0 aromatic carbocycles. The predicted octanol–water partition coefficient (Wildman–Crippen LogP) is 2.11. The number of piperidine rings is 1. The molecule has 1 fully saturated rings. The van der Waals surface area contributed by atoms with Crippen LogP contribution < -0.4 is 5.32 Å². The van der Waals surface area contributed by atoms with Crippen molar-refractivity contribution in [2.24, 2.45) is 5.92 Å². The van der Waals surface area contributed by atoms with Crippen LogP contribution in [0.4, 0.5) is 0 Å². The van der Waals surface area contributed by atoms with Crippen molar-refractivity contribution in [2.45, 2.75) is 45.6 Å². The Labute approximate surface area is 89.1 Å². The summed E-state index contributed by atoms with van der Waals surface area (Å²) in [6.45, 7) is 8.49. The quantitative estimate of drug-likeness (QED) is 0.728. The van der Waals surface area contributed by atoms with E-state index in [1.807, 2.05) is 0 Å². The Morgan fingerprint density at radius 3 is 2.29 bits per heavy atom. The minimum atomic E-state index is 0.688. The second-order valence-corrected chi connectivity index (χ2v) is 4.98. The molecule has 1 heterocycles. The first-order chi connectivity index (χ1) is 6.72. The molecule has 2 nitrogen and oxygen atoms in total. The minimum Gasteiger partial charge on any atom is -0.316 e.